The monoisotopic (exact) mass is 258 g/mol. The van der Waals surface area contributed by atoms with E-state index >= 15 is 0 Å². The second-order valence-corrected chi connectivity index (χ2v) is 6.87. The zero-order valence-corrected chi connectivity index (χ0v) is 12.1. The Morgan fingerprint density at radius 1 is 1.53 bits per heavy atom. The van der Waals surface area contributed by atoms with Crippen molar-refractivity contribution in [2.75, 3.05) is 12.8 Å². The van der Waals surface area contributed by atoms with Crippen LogP contribution in [0.3, 0.4) is 0 Å². The molecule has 3 nitrogen and oxygen atoms in total. The van der Waals surface area contributed by atoms with Gasteiger partial charge in [0.25, 0.3) is 0 Å². The van der Waals surface area contributed by atoms with Crippen LogP contribution in [-0.4, -0.2) is 29.5 Å². The molecule has 3 atom stereocenters. The maximum atomic E-state index is 11.3. The lowest BCUT2D eigenvalue weighted by molar-refractivity contribution is -0.123. The number of hydrogen-bond donors (Lipinski definition) is 2. The summed E-state index contributed by atoms with van der Waals surface area (Å²) in [6.07, 6.45) is 6.22. The van der Waals surface area contributed by atoms with Crippen molar-refractivity contribution in [3.63, 3.8) is 0 Å². The van der Waals surface area contributed by atoms with E-state index < -0.39 is 5.54 Å². The molecule has 1 aliphatic rings. The first-order valence-electron chi connectivity index (χ1n) is 6.58. The summed E-state index contributed by atoms with van der Waals surface area (Å²) >= 11 is 2.01. The predicted molar refractivity (Wildman–Crippen MR) is 75.2 cm³/mol. The van der Waals surface area contributed by atoms with Crippen LogP contribution < -0.4 is 11.1 Å². The van der Waals surface area contributed by atoms with Crippen LogP contribution in [0.2, 0.25) is 0 Å². The standard InChI is InChI=1S/C13H26N2OS/c1-10-5-4-6-11(9-10)17-8-7-13(2,15-3)12(14)16/h10-11,15H,4-9H2,1-3H3,(H2,14,16). The third kappa shape index (κ3) is 4.51. The molecule has 3 N–H and O–H groups in total. The molecule has 1 saturated carbocycles. The minimum atomic E-state index is -0.548. The van der Waals surface area contributed by atoms with Gasteiger partial charge in [-0.3, -0.25) is 4.79 Å². The van der Waals surface area contributed by atoms with Crippen LogP contribution >= 0.6 is 11.8 Å². The average Bonchev–Trinajstić information content (AvgIpc) is 2.28. The van der Waals surface area contributed by atoms with E-state index in [-0.39, 0.29) is 5.91 Å². The Kier molecular flexibility index (Phi) is 5.80. The van der Waals surface area contributed by atoms with E-state index in [1.165, 1.54) is 25.7 Å². The minimum Gasteiger partial charge on any atom is -0.368 e. The lowest BCUT2D eigenvalue weighted by Gasteiger charge is -2.29. The fourth-order valence-electron chi connectivity index (χ4n) is 2.33. The highest BCUT2D eigenvalue weighted by atomic mass is 32.2. The van der Waals surface area contributed by atoms with Gasteiger partial charge in [0.05, 0.1) is 5.54 Å². The highest BCUT2D eigenvalue weighted by Crippen LogP contribution is 2.32. The van der Waals surface area contributed by atoms with Crippen molar-refractivity contribution in [3.05, 3.63) is 0 Å². The van der Waals surface area contributed by atoms with Crippen molar-refractivity contribution < 1.29 is 4.79 Å². The second-order valence-electron chi connectivity index (χ2n) is 5.46. The predicted octanol–water partition coefficient (Wildman–Crippen LogP) is 2.15. The molecule has 3 unspecified atom stereocenters. The van der Waals surface area contributed by atoms with Gasteiger partial charge in [0.15, 0.2) is 0 Å². The number of carbonyl (C=O) groups is 1. The van der Waals surface area contributed by atoms with Crippen LogP contribution in [0, 0.1) is 5.92 Å². The molecule has 1 aliphatic carbocycles. The Morgan fingerprint density at radius 3 is 2.76 bits per heavy atom. The molecule has 0 spiro atoms. The molecule has 0 aliphatic heterocycles. The Bertz CT molecular complexity index is 260. The van der Waals surface area contributed by atoms with Gasteiger partial charge in [0, 0.05) is 5.25 Å². The van der Waals surface area contributed by atoms with Gasteiger partial charge in [0.1, 0.15) is 0 Å². The van der Waals surface area contributed by atoms with Crippen LogP contribution in [0.5, 0.6) is 0 Å². The molecule has 0 heterocycles. The molecule has 0 saturated heterocycles. The SMILES string of the molecule is CNC(C)(CCSC1CCCC(C)C1)C(N)=O. The number of rotatable bonds is 6. The first-order valence-corrected chi connectivity index (χ1v) is 7.63. The molecule has 0 aromatic rings. The van der Waals surface area contributed by atoms with E-state index in [1.54, 1.807) is 7.05 Å². The molecule has 0 aromatic carbocycles. The van der Waals surface area contributed by atoms with E-state index in [2.05, 4.69) is 12.2 Å². The fourth-order valence-corrected chi connectivity index (χ4v) is 3.99. The Morgan fingerprint density at radius 2 is 2.24 bits per heavy atom. The lowest BCUT2D eigenvalue weighted by Crippen LogP contribution is -2.51. The average molecular weight is 258 g/mol. The van der Waals surface area contributed by atoms with Crippen molar-refractivity contribution in [1.82, 2.24) is 5.32 Å². The van der Waals surface area contributed by atoms with Crippen LogP contribution in [0.15, 0.2) is 0 Å². The van der Waals surface area contributed by atoms with Gasteiger partial charge in [-0.15, -0.1) is 0 Å². The van der Waals surface area contributed by atoms with Gasteiger partial charge in [-0.2, -0.15) is 11.8 Å². The first-order chi connectivity index (χ1) is 7.98. The topological polar surface area (TPSA) is 55.1 Å². The summed E-state index contributed by atoms with van der Waals surface area (Å²) in [7, 11) is 1.80. The summed E-state index contributed by atoms with van der Waals surface area (Å²) < 4.78 is 0. The molecular formula is C13H26N2OS. The molecule has 1 rings (SSSR count). The normalized spacial score (nSPS) is 28.6. The Hall–Kier alpha value is -0.220. The van der Waals surface area contributed by atoms with Gasteiger partial charge >= 0.3 is 0 Å². The van der Waals surface area contributed by atoms with E-state index in [1.807, 2.05) is 18.7 Å². The quantitative estimate of drug-likeness (QED) is 0.767. The Labute approximate surface area is 109 Å². The minimum absolute atomic E-state index is 0.252. The molecule has 100 valence electrons. The van der Waals surface area contributed by atoms with Crippen LogP contribution in [0.25, 0.3) is 0 Å². The second kappa shape index (κ2) is 6.64. The largest absolute Gasteiger partial charge is 0.368 e. The molecule has 1 amide bonds. The Balaban J connectivity index is 2.29. The molecule has 0 radical (unpaired) electrons. The summed E-state index contributed by atoms with van der Waals surface area (Å²) in [4.78, 5) is 11.3. The van der Waals surface area contributed by atoms with Crippen LogP contribution in [0.4, 0.5) is 0 Å². The van der Waals surface area contributed by atoms with Crippen LogP contribution in [0.1, 0.15) is 46.0 Å². The number of thioether (sulfide) groups is 1. The zero-order chi connectivity index (χ0) is 12.9. The summed E-state index contributed by atoms with van der Waals surface area (Å²) in [5, 5.41) is 3.82. The van der Waals surface area contributed by atoms with Gasteiger partial charge in [-0.25, -0.2) is 0 Å². The van der Waals surface area contributed by atoms with E-state index in [0.717, 1.165) is 23.3 Å². The number of nitrogens with two attached hydrogens (primary N) is 1. The van der Waals surface area contributed by atoms with Crippen molar-refractivity contribution in [3.8, 4) is 0 Å². The number of primary amides is 1. The number of hydrogen-bond acceptors (Lipinski definition) is 3. The molecule has 1 fully saturated rings. The zero-order valence-electron chi connectivity index (χ0n) is 11.3. The highest BCUT2D eigenvalue weighted by molar-refractivity contribution is 7.99. The van der Waals surface area contributed by atoms with E-state index in [4.69, 9.17) is 5.73 Å². The highest BCUT2D eigenvalue weighted by Gasteiger charge is 2.29. The molecular weight excluding hydrogens is 232 g/mol. The fraction of sp³-hybridized carbons (Fsp3) is 0.923. The number of amides is 1. The number of nitrogens with one attached hydrogen (secondary N) is 1. The molecule has 0 bridgehead atoms. The number of carbonyl (C=O) groups excluding carboxylic acids is 1. The maximum absolute atomic E-state index is 11.3. The molecule has 17 heavy (non-hydrogen) atoms. The van der Waals surface area contributed by atoms with Crippen molar-refractivity contribution >= 4 is 17.7 Å². The smallest absolute Gasteiger partial charge is 0.237 e. The first kappa shape index (κ1) is 14.8. The van der Waals surface area contributed by atoms with Gasteiger partial charge in [-0.1, -0.05) is 19.8 Å². The van der Waals surface area contributed by atoms with Crippen molar-refractivity contribution in [2.45, 2.75) is 56.7 Å². The van der Waals surface area contributed by atoms with Gasteiger partial charge in [0.2, 0.25) is 5.91 Å². The van der Waals surface area contributed by atoms with Crippen molar-refractivity contribution in [1.29, 1.82) is 0 Å². The molecule has 4 heteroatoms. The maximum Gasteiger partial charge on any atom is 0.237 e. The van der Waals surface area contributed by atoms with Crippen LogP contribution in [-0.2, 0) is 4.79 Å². The summed E-state index contributed by atoms with van der Waals surface area (Å²) in [5.74, 6) is 1.63. The van der Waals surface area contributed by atoms with E-state index in [0.29, 0.717) is 0 Å². The third-order valence-electron chi connectivity index (χ3n) is 3.94. The summed E-state index contributed by atoms with van der Waals surface area (Å²) in [6.45, 7) is 4.23. The van der Waals surface area contributed by atoms with E-state index in [9.17, 15) is 4.79 Å². The molecule has 0 aromatic heterocycles. The van der Waals surface area contributed by atoms with Gasteiger partial charge < -0.3 is 11.1 Å². The van der Waals surface area contributed by atoms with Gasteiger partial charge in [-0.05, 0) is 44.9 Å². The third-order valence-corrected chi connectivity index (χ3v) is 5.28. The van der Waals surface area contributed by atoms with Crippen molar-refractivity contribution in [2.24, 2.45) is 11.7 Å². The number of likely N-dealkylation sites (N-methyl/N-ethyl adjacent to an activating group) is 1. The summed E-state index contributed by atoms with van der Waals surface area (Å²) in [6, 6.07) is 0. The lowest BCUT2D eigenvalue weighted by atomic mass is 9.91. The summed E-state index contributed by atoms with van der Waals surface area (Å²) in [5.41, 5.74) is 4.86.